The Bertz CT molecular complexity index is 585. The lowest BCUT2D eigenvalue weighted by Crippen LogP contribution is -2.21. The van der Waals surface area contributed by atoms with Gasteiger partial charge in [-0.3, -0.25) is 0 Å². The molecule has 2 nitrogen and oxygen atoms in total. The quantitative estimate of drug-likeness (QED) is 0.778. The van der Waals surface area contributed by atoms with Crippen molar-refractivity contribution >= 4 is 15.9 Å². The van der Waals surface area contributed by atoms with Crippen molar-refractivity contribution in [1.29, 1.82) is 0 Å². The zero-order chi connectivity index (χ0) is 14.5. The Hall–Kier alpha value is -1.32. The van der Waals surface area contributed by atoms with Crippen LogP contribution < -0.4 is 10.1 Å². The van der Waals surface area contributed by atoms with E-state index in [1.54, 1.807) is 0 Å². The predicted octanol–water partition coefficient (Wildman–Crippen LogP) is 4.50. The van der Waals surface area contributed by atoms with E-state index >= 15 is 0 Å². The van der Waals surface area contributed by atoms with Crippen LogP contribution in [-0.2, 0) is 6.42 Å². The van der Waals surface area contributed by atoms with Crippen molar-refractivity contribution in [3.63, 3.8) is 0 Å². The van der Waals surface area contributed by atoms with Gasteiger partial charge in [-0.25, -0.2) is 0 Å². The molecule has 0 radical (unpaired) electrons. The van der Waals surface area contributed by atoms with Crippen LogP contribution >= 0.6 is 15.9 Å². The number of benzene rings is 2. The van der Waals surface area contributed by atoms with E-state index in [1.807, 2.05) is 30.3 Å². The number of para-hydroxylation sites is 1. The van der Waals surface area contributed by atoms with E-state index in [1.165, 1.54) is 28.4 Å². The van der Waals surface area contributed by atoms with E-state index in [4.69, 9.17) is 4.74 Å². The molecule has 2 aromatic rings. The molecule has 0 heterocycles. The maximum absolute atomic E-state index is 5.71. The van der Waals surface area contributed by atoms with Crippen LogP contribution in [0.4, 0.5) is 0 Å². The molecule has 0 fully saturated rings. The Morgan fingerprint density at radius 2 is 2.00 bits per heavy atom. The lowest BCUT2D eigenvalue weighted by atomic mass is 10.1. The summed E-state index contributed by atoms with van der Waals surface area (Å²) in [6.45, 7) is 1.75. The summed E-state index contributed by atoms with van der Waals surface area (Å²) in [6.07, 6.45) is 3.40. The number of hydrogen-bond donors (Lipinski definition) is 1. The molecule has 1 aliphatic carbocycles. The normalized spacial score (nSPS) is 16.7. The summed E-state index contributed by atoms with van der Waals surface area (Å²) in [5, 5.41) is 3.65. The highest BCUT2D eigenvalue weighted by atomic mass is 79.9. The number of rotatable bonds is 6. The second-order valence-electron chi connectivity index (χ2n) is 5.40. The number of aryl methyl sites for hydroxylation is 1. The van der Waals surface area contributed by atoms with Crippen molar-refractivity contribution in [3.8, 4) is 5.75 Å². The van der Waals surface area contributed by atoms with Gasteiger partial charge < -0.3 is 10.1 Å². The maximum atomic E-state index is 5.71. The first-order valence-corrected chi connectivity index (χ1v) is 8.32. The minimum atomic E-state index is 0.504. The fourth-order valence-corrected chi connectivity index (χ4v) is 3.26. The predicted molar refractivity (Wildman–Crippen MR) is 89.8 cm³/mol. The smallest absolute Gasteiger partial charge is 0.119 e. The summed E-state index contributed by atoms with van der Waals surface area (Å²) in [7, 11) is 0. The summed E-state index contributed by atoms with van der Waals surface area (Å²) >= 11 is 3.54. The standard InChI is InChI=1S/C18H20BrNO/c19-15-8-9-17-14(13-15)7-10-18(17)20-11-4-12-21-16-5-2-1-3-6-16/h1-3,5-6,8-9,13,18,20H,4,7,10-12H2. The Morgan fingerprint density at radius 1 is 1.14 bits per heavy atom. The highest BCUT2D eigenvalue weighted by Crippen LogP contribution is 2.32. The number of nitrogens with one attached hydrogen (secondary N) is 1. The number of ether oxygens (including phenoxy) is 1. The van der Waals surface area contributed by atoms with E-state index < -0.39 is 0 Å². The number of halogens is 1. The van der Waals surface area contributed by atoms with Gasteiger partial charge >= 0.3 is 0 Å². The van der Waals surface area contributed by atoms with Gasteiger partial charge in [0, 0.05) is 10.5 Å². The fourth-order valence-electron chi connectivity index (χ4n) is 2.85. The molecule has 0 spiro atoms. The SMILES string of the molecule is Brc1ccc2c(c1)CCC2NCCCOc1ccccc1. The molecule has 21 heavy (non-hydrogen) atoms. The van der Waals surface area contributed by atoms with E-state index in [0.717, 1.165) is 25.3 Å². The van der Waals surface area contributed by atoms with E-state index in [0.29, 0.717) is 6.04 Å². The Kier molecular flexibility index (Phi) is 4.94. The average molecular weight is 346 g/mol. The minimum absolute atomic E-state index is 0.504. The Morgan fingerprint density at radius 3 is 2.86 bits per heavy atom. The van der Waals surface area contributed by atoms with Gasteiger partial charge in [0.1, 0.15) is 5.75 Å². The molecule has 1 unspecified atom stereocenters. The van der Waals surface area contributed by atoms with Crippen LogP contribution in [0.3, 0.4) is 0 Å². The van der Waals surface area contributed by atoms with Crippen molar-refractivity contribution in [2.75, 3.05) is 13.2 Å². The van der Waals surface area contributed by atoms with Gasteiger partial charge in [-0.1, -0.05) is 40.2 Å². The van der Waals surface area contributed by atoms with Crippen LogP contribution in [0.15, 0.2) is 53.0 Å². The minimum Gasteiger partial charge on any atom is -0.494 e. The second-order valence-corrected chi connectivity index (χ2v) is 6.32. The third kappa shape index (κ3) is 3.86. The monoisotopic (exact) mass is 345 g/mol. The molecule has 1 atom stereocenters. The Labute approximate surface area is 134 Å². The molecule has 110 valence electrons. The van der Waals surface area contributed by atoms with Crippen molar-refractivity contribution < 1.29 is 4.74 Å². The topological polar surface area (TPSA) is 21.3 Å². The Balaban J connectivity index is 1.41. The van der Waals surface area contributed by atoms with Gasteiger partial charge in [-0.05, 0) is 61.2 Å². The van der Waals surface area contributed by atoms with E-state index in [-0.39, 0.29) is 0 Å². The molecule has 1 aliphatic rings. The largest absolute Gasteiger partial charge is 0.494 e. The van der Waals surface area contributed by atoms with Crippen LogP contribution in [0.2, 0.25) is 0 Å². The lowest BCUT2D eigenvalue weighted by molar-refractivity contribution is 0.304. The first-order chi connectivity index (χ1) is 10.3. The summed E-state index contributed by atoms with van der Waals surface area (Å²) in [4.78, 5) is 0. The van der Waals surface area contributed by atoms with Gasteiger partial charge in [0.15, 0.2) is 0 Å². The van der Waals surface area contributed by atoms with E-state index in [9.17, 15) is 0 Å². The third-order valence-electron chi connectivity index (χ3n) is 3.91. The zero-order valence-electron chi connectivity index (χ0n) is 12.0. The fraction of sp³-hybridized carbons (Fsp3) is 0.333. The molecule has 1 N–H and O–H groups in total. The van der Waals surface area contributed by atoms with Gasteiger partial charge in [0.25, 0.3) is 0 Å². The summed E-state index contributed by atoms with van der Waals surface area (Å²) in [5.41, 5.74) is 2.93. The van der Waals surface area contributed by atoms with Gasteiger partial charge in [0.05, 0.1) is 6.61 Å². The summed E-state index contributed by atoms with van der Waals surface area (Å²) in [6, 6.07) is 17.1. The molecule has 0 aromatic heterocycles. The highest BCUT2D eigenvalue weighted by Gasteiger charge is 2.21. The molecule has 2 aromatic carbocycles. The van der Waals surface area contributed by atoms with Crippen molar-refractivity contribution in [1.82, 2.24) is 5.32 Å². The average Bonchev–Trinajstić information content (AvgIpc) is 2.90. The molecule has 0 saturated heterocycles. The van der Waals surface area contributed by atoms with Gasteiger partial charge in [-0.2, -0.15) is 0 Å². The first kappa shape index (κ1) is 14.6. The second kappa shape index (κ2) is 7.10. The van der Waals surface area contributed by atoms with Crippen LogP contribution in [0.1, 0.15) is 30.0 Å². The third-order valence-corrected chi connectivity index (χ3v) is 4.40. The number of fused-ring (bicyclic) bond motifs is 1. The number of hydrogen-bond acceptors (Lipinski definition) is 2. The zero-order valence-corrected chi connectivity index (χ0v) is 13.6. The summed E-state index contributed by atoms with van der Waals surface area (Å²) < 4.78 is 6.89. The van der Waals surface area contributed by atoms with Crippen LogP contribution in [0.25, 0.3) is 0 Å². The van der Waals surface area contributed by atoms with Gasteiger partial charge in [0.2, 0.25) is 0 Å². The van der Waals surface area contributed by atoms with E-state index in [2.05, 4.69) is 39.4 Å². The molecule has 3 heteroatoms. The van der Waals surface area contributed by atoms with Crippen molar-refractivity contribution in [2.45, 2.75) is 25.3 Å². The van der Waals surface area contributed by atoms with Gasteiger partial charge in [-0.15, -0.1) is 0 Å². The molecule has 0 bridgehead atoms. The molecule has 3 rings (SSSR count). The van der Waals surface area contributed by atoms with Crippen LogP contribution in [0, 0.1) is 0 Å². The van der Waals surface area contributed by atoms with Crippen LogP contribution in [0.5, 0.6) is 5.75 Å². The first-order valence-electron chi connectivity index (χ1n) is 7.52. The van der Waals surface area contributed by atoms with Crippen LogP contribution in [-0.4, -0.2) is 13.2 Å². The molecule has 0 amide bonds. The highest BCUT2D eigenvalue weighted by molar-refractivity contribution is 9.10. The maximum Gasteiger partial charge on any atom is 0.119 e. The molecular weight excluding hydrogens is 326 g/mol. The molecule has 0 aliphatic heterocycles. The van der Waals surface area contributed by atoms with Crippen molar-refractivity contribution in [3.05, 3.63) is 64.1 Å². The molecular formula is C18H20BrNO. The van der Waals surface area contributed by atoms with Crippen molar-refractivity contribution in [2.24, 2.45) is 0 Å². The summed E-state index contributed by atoms with van der Waals surface area (Å²) in [5.74, 6) is 0.952. The molecule has 0 saturated carbocycles. The lowest BCUT2D eigenvalue weighted by Gasteiger charge is -2.14.